The summed E-state index contributed by atoms with van der Waals surface area (Å²) in [5.74, 6) is 0.414. The van der Waals surface area contributed by atoms with E-state index in [0.717, 1.165) is 25.3 Å². The Morgan fingerprint density at radius 2 is 2.00 bits per heavy atom. The molecule has 1 aliphatic heterocycles. The number of aromatic nitrogens is 2. The van der Waals surface area contributed by atoms with Gasteiger partial charge < -0.3 is 10.1 Å². The summed E-state index contributed by atoms with van der Waals surface area (Å²) in [6, 6.07) is 15.1. The maximum absolute atomic E-state index is 6.40. The van der Waals surface area contributed by atoms with E-state index in [1.54, 1.807) is 0 Å². The van der Waals surface area contributed by atoms with Gasteiger partial charge in [-0.25, -0.2) is 4.98 Å². The molecule has 1 aromatic carbocycles. The molecule has 3 aromatic rings. The highest BCUT2D eigenvalue weighted by Gasteiger charge is 2.31. The third-order valence-electron chi connectivity index (χ3n) is 4.80. The first-order valence-corrected chi connectivity index (χ1v) is 8.16. The molecule has 0 aliphatic carbocycles. The second kappa shape index (κ2) is 5.80. The Labute approximate surface area is 136 Å². The van der Waals surface area contributed by atoms with Crippen LogP contribution in [0.3, 0.4) is 0 Å². The predicted octanol–water partition coefficient (Wildman–Crippen LogP) is 2.57. The second-order valence-corrected chi connectivity index (χ2v) is 6.56. The Bertz CT molecular complexity index is 809. The number of nitrogens with two attached hydrogens (primary N) is 1. The molecule has 1 aliphatic rings. The van der Waals surface area contributed by atoms with E-state index in [9.17, 15) is 0 Å². The normalized spacial score (nSPS) is 22.0. The SMILES string of the molecule is Cc1ccn2c(CN3C[C@@H](N)[C@H](c4ccccc4)C3)cnc2c1. The van der Waals surface area contributed by atoms with Crippen molar-refractivity contribution in [1.29, 1.82) is 0 Å². The van der Waals surface area contributed by atoms with E-state index in [2.05, 4.69) is 69.9 Å². The Kier molecular flexibility index (Phi) is 3.63. The summed E-state index contributed by atoms with van der Waals surface area (Å²) in [6.45, 7) is 4.92. The monoisotopic (exact) mass is 306 g/mol. The minimum Gasteiger partial charge on any atom is -0.326 e. The van der Waals surface area contributed by atoms with Crippen molar-refractivity contribution in [3.05, 3.63) is 71.7 Å². The third kappa shape index (κ3) is 2.76. The highest BCUT2D eigenvalue weighted by molar-refractivity contribution is 5.43. The fourth-order valence-corrected chi connectivity index (χ4v) is 3.58. The molecule has 1 saturated heterocycles. The minimum absolute atomic E-state index is 0.193. The maximum Gasteiger partial charge on any atom is 0.137 e. The summed E-state index contributed by atoms with van der Waals surface area (Å²) in [5.41, 5.74) is 11.2. The number of aryl methyl sites for hydroxylation is 1. The third-order valence-corrected chi connectivity index (χ3v) is 4.80. The molecular formula is C19H22N4. The molecule has 4 nitrogen and oxygen atoms in total. The van der Waals surface area contributed by atoms with Gasteiger partial charge in [-0.3, -0.25) is 4.90 Å². The van der Waals surface area contributed by atoms with Crippen molar-refractivity contribution >= 4 is 5.65 Å². The van der Waals surface area contributed by atoms with Crippen molar-refractivity contribution in [2.75, 3.05) is 13.1 Å². The molecular weight excluding hydrogens is 284 g/mol. The van der Waals surface area contributed by atoms with Crippen LogP contribution in [0.25, 0.3) is 5.65 Å². The van der Waals surface area contributed by atoms with E-state index in [0.29, 0.717) is 5.92 Å². The number of rotatable bonds is 3. The van der Waals surface area contributed by atoms with Crippen LogP contribution in [0.4, 0.5) is 0 Å². The van der Waals surface area contributed by atoms with E-state index in [4.69, 9.17) is 5.73 Å². The summed E-state index contributed by atoms with van der Waals surface area (Å²) < 4.78 is 2.17. The first-order chi connectivity index (χ1) is 11.2. The fourth-order valence-electron chi connectivity index (χ4n) is 3.58. The van der Waals surface area contributed by atoms with Gasteiger partial charge in [-0.05, 0) is 30.2 Å². The van der Waals surface area contributed by atoms with Gasteiger partial charge in [0.1, 0.15) is 5.65 Å². The Balaban J connectivity index is 1.53. The topological polar surface area (TPSA) is 46.6 Å². The summed E-state index contributed by atoms with van der Waals surface area (Å²) in [5, 5.41) is 0. The molecule has 4 heteroatoms. The highest BCUT2D eigenvalue weighted by atomic mass is 15.2. The molecule has 3 heterocycles. The van der Waals surface area contributed by atoms with Crippen LogP contribution < -0.4 is 5.73 Å². The van der Waals surface area contributed by atoms with Crippen LogP contribution >= 0.6 is 0 Å². The van der Waals surface area contributed by atoms with Crippen LogP contribution in [0, 0.1) is 6.92 Å². The number of hydrogen-bond donors (Lipinski definition) is 1. The molecule has 1 fully saturated rings. The van der Waals surface area contributed by atoms with E-state index in [1.807, 2.05) is 6.20 Å². The van der Waals surface area contributed by atoms with Crippen LogP contribution in [0.15, 0.2) is 54.9 Å². The van der Waals surface area contributed by atoms with Gasteiger partial charge >= 0.3 is 0 Å². The second-order valence-electron chi connectivity index (χ2n) is 6.56. The average molecular weight is 306 g/mol. The average Bonchev–Trinajstić information content (AvgIpc) is 3.12. The lowest BCUT2D eigenvalue weighted by molar-refractivity contribution is 0.319. The molecule has 0 radical (unpaired) electrons. The quantitative estimate of drug-likeness (QED) is 0.809. The largest absolute Gasteiger partial charge is 0.326 e. The smallest absolute Gasteiger partial charge is 0.137 e. The van der Waals surface area contributed by atoms with Crippen LogP contribution in [0.2, 0.25) is 0 Å². The number of fused-ring (bicyclic) bond motifs is 1. The molecule has 4 rings (SSSR count). The molecule has 2 aromatic heterocycles. The molecule has 0 amide bonds. The highest BCUT2D eigenvalue weighted by Crippen LogP contribution is 2.27. The van der Waals surface area contributed by atoms with Crippen molar-refractivity contribution in [1.82, 2.24) is 14.3 Å². The van der Waals surface area contributed by atoms with Gasteiger partial charge in [0.25, 0.3) is 0 Å². The van der Waals surface area contributed by atoms with Gasteiger partial charge in [-0.2, -0.15) is 0 Å². The molecule has 118 valence electrons. The molecule has 23 heavy (non-hydrogen) atoms. The van der Waals surface area contributed by atoms with Crippen molar-refractivity contribution in [2.24, 2.45) is 5.73 Å². The molecule has 0 bridgehead atoms. The zero-order chi connectivity index (χ0) is 15.8. The number of hydrogen-bond acceptors (Lipinski definition) is 3. The summed E-state index contributed by atoms with van der Waals surface area (Å²) >= 11 is 0. The van der Waals surface area contributed by atoms with Gasteiger partial charge in [-0.15, -0.1) is 0 Å². The van der Waals surface area contributed by atoms with Gasteiger partial charge in [0, 0.05) is 37.8 Å². The molecule has 2 N–H and O–H groups in total. The van der Waals surface area contributed by atoms with Gasteiger partial charge in [0.2, 0.25) is 0 Å². The first kappa shape index (κ1) is 14.4. The summed E-state index contributed by atoms with van der Waals surface area (Å²) in [7, 11) is 0. The Hall–Kier alpha value is -2.17. The van der Waals surface area contributed by atoms with Crippen molar-refractivity contribution in [3.63, 3.8) is 0 Å². The van der Waals surface area contributed by atoms with E-state index in [1.165, 1.54) is 16.8 Å². The number of likely N-dealkylation sites (tertiary alicyclic amines) is 1. The van der Waals surface area contributed by atoms with Crippen molar-refractivity contribution < 1.29 is 0 Å². The Morgan fingerprint density at radius 3 is 2.83 bits per heavy atom. The standard InChI is InChI=1S/C19H22N4/c1-14-7-8-23-16(10-21-19(23)9-14)11-22-12-17(18(20)13-22)15-5-3-2-4-6-15/h2-10,17-18H,11-13,20H2,1H3/t17-,18+/m0/s1. The fraction of sp³-hybridized carbons (Fsp3) is 0.316. The van der Waals surface area contributed by atoms with Crippen LogP contribution in [0.5, 0.6) is 0 Å². The maximum atomic E-state index is 6.40. The van der Waals surface area contributed by atoms with Gasteiger partial charge in [0.05, 0.1) is 11.9 Å². The predicted molar refractivity (Wildman–Crippen MR) is 92.4 cm³/mol. The Morgan fingerprint density at radius 1 is 1.17 bits per heavy atom. The van der Waals surface area contributed by atoms with E-state index >= 15 is 0 Å². The van der Waals surface area contributed by atoms with Gasteiger partial charge in [0.15, 0.2) is 0 Å². The van der Waals surface area contributed by atoms with Crippen LogP contribution in [-0.2, 0) is 6.54 Å². The molecule has 0 spiro atoms. The molecule has 0 saturated carbocycles. The first-order valence-electron chi connectivity index (χ1n) is 8.16. The molecule has 2 atom stereocenters. The zero-order valence-corrected chi connectivity index (χ0v) is 13.4. The van der Waals surface area contributed by atoms with E-state index < -0.39 is 0 Å². The number of imidazole rings is 1. The lowest BCUT2D eigenvalue weighted by atomic mass is 9.95. The summed E-state index contributed by atoms with van der Waals surface area (Å²) in [6.07, 6.45) is 4.09. The van der Waals surface area contributed by atoms with E-state index in [-0.39, 0.29) is 6.04 Å². The van der Waals surface area contributed by atoms with Crippen LogP contribution in [-0.4, -0.2) is 33.4 Å². The summed E-state index contributed by atoms with van der Waals surface area (Å²) in [4.78, 5) is 6.96. The lowest BCUT2D eigenvalue weighted by Crippen LogP contribution is -2.28. The number of benzene rings is 1. The minimum atomic E-state index is 0.193. The zero-order valence-electron chi connectivity index (χ0n) is 13.4. The van der Waals surface area contributed by atoms with Crippen molar-refractivity contribution in [3.8, 4) is 0 Å². The lowest BCUT2D eigenvalue weighted by Gasteiger charge is -2.16. The molecule has 0 unspecified atom stereocenters. The number of nitrogens with zero attached hydrogens (tertiary/aromatic N) is 3. The van der Waals surface area contributed by atoms with Gasteiger partial charge in [-0.1, -0.05) is 30.3 Å². The number of pyridine rings is 1. The van der Waals surface area contributed by atoms with Crippen molar-refractivity contribution in [2.45, 2.75) is 25.4 Å². The van der Waals surface area contributed by atoms with Crippen LogP contribution in [0.1, 0.15) is 22.7 Å².